The number of nitrogens with one attached hydrogen (secondary N) is 2. The minimum atomic E-state index is -5.08. The standard InChI is InChI=1S/C23H22N2O5S.C2HF3O2/c1-30-20(27)10-11-24-23(29)21-18(16-7-3-2-4-8-16)13-19(31-21)22(28)25-14-15-6-5-9-17(26)12-15;3-2(4,5)1(6)7/h2-9,12-13,26H,10-11,14H2,1H3,(H,24,29)(H,25,28);(H,6,7). The van der Waals surface area contributed by atoms with Crippen molar-refractivity contribution in [3.8, 4) is 16.9 Å². The molecule has 0 bridgehead atoms. The highest BCUT2D eigenvalue weighted by molar-refractivity contribution is 7.16. The zero-order valence-corrected chi connectivity index (χ0v) is 20.7. The SMILES string of the molecule is COC(=O)CCNC(=O)c1sc(C(=O)NCc2cccc(O)c2)cc1-c1ccccc1.O=C(O)C(F)(F)F. The molecule has 9 nitrogen and oxygen atoms in total. The van der Waals surface area contributed by atoms with Crippen LogP contribution in [0.4, 0.5) is 13.2 Å². The lowest BCUT2D eigenvalue weighted by atomic mass is 10.1. The number of methoxy groups -OCH3 is 1. The van der Waals surface area contributed by atoms with E-state index in [0.717, 1.165) is 22.5 Å². The second-order valence-electron chi connectivity index (χ2n) is 7.46. The summed E-state index contributed by atoms with van der Waals surface area (Å²) in [5.74, 6) is -3.73. The van der Waals surface area contributed by atoms with Crippen LogP contribution in [0.3, 0.4) is 0 Å². The molecule has 1 heterocycles. The molecule has 2 amide bonds. The molecule has 0 spiro atoms. The Hall–Kier alpha value is -4.39. The highest BCUT2D eigenvalue weighted by Gasteiger charge is 2.38. The van der Waals surface area contributed by atoms with Crippen LogP contribution >= 0.6 is 11.3 Å². The third-order valence-corrected chi connectivity index (χ3v) is 5.83. The third-order valence-electron chi connectivity index (χ3n) is 4.70. The quantitative estimate of drug-likeness (QED) is 0.310. The van der Waals surface area contributed by atoms with Gasteiger partial charge in [0.2, 0.25) is 0 Å². The summed E-state index contributed by atoms with van der Waals surface area (Å²) in [6.07, 6.45) is -5.02. The van der Waals surface area contributed by atoms with Gasteiger partial charge in [-0.15, -0.1) is 11.3 Å². The number of ether oxygens (including phenoxy) is 1. The minimum absolute atomic E-state index is 0.0611. The Labute approximate surface area is 218 Å². The number of halogens is 3. The van der Waals surface area contributed by atoms with E-state index in [0.29, 0.717) is 15.3 Å². The molecular weight excluding hydrogens is 529 g/mol. The molecule has 3 rings (SSSR count). The Morgan fingerprint density at radius 1 is 0.947 bits per heavy atom. The molecule has 0 saturated carbocycles. The molecule has 13 heteroatoms. The van der Waals surface area contributed by atoms with Crippen molar-refractivity contribution in [2.24, 2.45) is 0 Å². The summed E-state index contributed by atoms with van der Waals surface area (Å²) in [4.78, 5) is 46.4. The van der Waals surface area contributed by atoms with Gasteiger partial charge in [-0.05, 0) is 29.3 Å². The number of carbonyl (C=O) groups is 4. The summed E-state index contributed by atoms with van der Waals surface area (Å²) < 4.78 is 36.3. The number of phenolic OH excluding ortho intramolecular Hbond substituents is 1. The van der Waals surface area contributed by atoms with Crippen molar-refractivity contribution < 1.29 is 47.3 Å². The summed E-state index contributed by atoms with van der Waals surface area (Å²) in [6.45, 7) is 0.378. The number of carbonyl (C=O) groups excluding carboxylic acids is 3. The lowest BCUT2D eigenvalue weighted by Gasteiger charge is -2.05. The lowest BCUT2D eigenvalue weighted by molar-refractivity contribution is -0.192. The normalized spacial score (nSPS) is 10.5. The number of aliphatic carboxylic acids is 1. The van der Waals surface area contributed by atoms with Crippen molar-refractivity contribution in [3.63, 3.8) is 0 Å². The molecule has 0 aliphatic carbocycles. The van der Waals surface area contributed by atoms with Gasteiger partial charge in [-0.1, -0.05) is 42.5 Å². The van der Waals surface area contributed by atoms with Crippen molar-refractivity contribution >= 4 is 35.1 Å². The number of carboxylic acids is 1. The van der Waals surface area contributed by atoms with Crippen molar-refractivity contribution in [1.82, 2.24) is 10.6 Å². The van der Waals surface area contributed by atoms with Gasteiger partial charge in [0.15, 0.2) is 0 Å². The largest absolute Gasteiger partial charge is 0.508 e. The lowest BCUT2D eigenvalue weighted by Crippen LogP contribution is -2.26. The van der Waals surface area contributed by atoms with E-state index in [1.54, 1.807) is 30.3 Å². The predicted octanol–water partition coefficient (Wildman–Crippen LogP) is 3.98. The molecule has 202 valence electrons. The predicted molar refractivity (Wildman–Crippen MR) is 132 cm³/mol. The second kappa shape index (κ2) is 13.8. The summed E-state index contributed by atoms with van der Waals surface area (Å²) in [5.41, 5.74) is 2.21. The van der Waals surface area contributed by atoms with Gasteiger partial charge < -0.3 is 25.6 Å². The van der Waals surface area contributed by atoms with Gasteiger partial charge in [-0.3, -0.25) is 14.4 Å². The van der Waals surface area contributed by atoms with E-state index in [4.69, 9.17) is 9.90 Å². The smallest absolute Gasteiger partial charge is 0.490 e. The first-order valence-corrected chi connectivity index (χ1v) is 11.6. The number of benzene rings is 2. The molecule has 4 N–H and O–H groups in total. The van der Waals surface area contributed by atoms with Gasteiger partial charge in [0, 0.05) is 18.7 Å². The highest BCUT2D eigenvalue weighted by Crippen LogP contribution is 2.32. The molecule has 38 heavy (non-hydrogen) atoms. The van der Waals surface area contributed by atoms with Crippen molar-refractivity contribution in [1.29, 1.82) is 0 Å². The number of rotatable bonds is 8. The van der Waals surface area contributed by atoms with Crippen LogP contribution in [-0.2, 0) is 20.9 Å². The van der Waals surface area contributed by atoms with E-state index in [1.807, 2.05) is 30.3 Å². The zero-order chi connectivity index (χ0) is 28.3. The van der Waals surface area contributed by atoms with Crippen LogP contribution in [0, 0.1) is 0 Å². The molecule has 0 aliphatic heterocycles. The number of aromatic hydroxyl groups is 1. The van der Waals surface area contributed by atoms with E-state index in [1.165, 1.54) is 7.11 Å². The second-order valence-corrected chi connectivity index (χ2v) is 8.51. The van der Waals surface area contributed by atoms with E-state index < -0.39 is 18.1 Å². The van der Waals surface area contributed by atoms with Gasteiger partial charge in [0.25, 0.3) is 11.8 Å². The number of thiophene rings is 1. The van der Waals surface area contributed by atoms with Crippen LogP contribution < -0.4 is 10.6 Å². The van der Waals surface area contributed by atoms with Crippen LogP contribution in [0.2, 0.25) is 0 Å². The average molecular weight is 553 g/mol. The Morgan fingerprint density at radius 2 is 1.61 bits per heavy atom. The molecule has 0 aliphatic rings. The Kier molecular flexibility index (Phi) is 10.8. The first-order chi connectivity index (χ1) is 17.9. The molecule has 0 saturated heterocycles. The van der Waals surface area contributed by atoms with Crippen LogP contribution in [-0.4, -0.2) is 53.8 Å². The maximum Gasteiger partial charge on any atom is 0.490 e. The topological polar surface area (TPSA) is 142 Å². The Morgan fingerprint density at radius 3 is 2.18 bits per heavy atom. The van der Waals surface area contributed by atoms with Crippen LogP contribution in [0.1, 0.15) is 31.3 Å². The molecule has 0 unspecified atom stereocenters. The maximum absolute atomic E-state index is 12.7. The van der Waals surface area contributed by atoms with E-state index in [2.05, 4.69) is 15.4 Å². The van der Waals surface area contributed by atoms with Crippen LogP contribution in [0.15, 0.2) is 60.7 Å². The zero-order valence-electron chi connectivity index (χ0n) is 19.9. The molecule has 3 aromatic rings. The number of amides is 2. The minimum Gasteiger partial charge on any atom is -0.508 e. The Balaban J connectivity index is 0.000000638. The number of phenols is 1. The van der Waals surface area contributed by atoms with Crippen molar-refractivity contribution in [2.45, 2.75) is 19.1 Å². The first-order valence-electron chi connectivity index (χ1n) is 10.8. The third kappa shape index (κ3) is 9.24. The number of alkyl halides is 3. The fourth-order valence-electron chi connectivity index (χ4n) is 2.90. The van der Waals surface area contributed by atoms with E-state index in [9.17, 15) is 32.7 Å². The number of hydrogen-bond donors (Lipinski definition) is 4. The molecular formula is C25H23F3N2O7S. The van der Waals surface area contributed by atoms with Crippen LogP contribution in [0.5, 0.6) is 5.75 Å². The average Bonchev–Trinajstić information content (AvgIpc) is 3.33. The summed E-state index contributed by atoms with van der Waals surface area (Å²) in [5, 5.41) is 22.2. The van der Waals surface area contributed by atoms with E-state index in [-0.39, 0.29) is 37.1 Å². The van der Waals surface area contributed by atoms with Gasteiger partial charge in [0.05, 0.1) is 18.4 Å². The highest BCUT2D eigenvalue weighted by atomic mass is 32.1. The number of hydrogen-bond acceptors (Lipinski definition) is 7. The maximum atomic E-state index is 12.7. The molecule has 0 radical (unpaired) electrons. The van der Waals surface area contributed by atoms with Crippen molar-refractivity contribution in [3.05, 3.63) is 76.0 Å². The van der Waals surface area contributed by atoms with Crippen LogP contribution in [0.25, 0.3) is 11.1 Å². The Bertz CT molecular complexity index is 1280. The molecule has 0 fully saturated rings. The fourth-order valence-corrected chi connectivity index (χ4v) is 3.91. The molecule has 0 atom stereocenters. The summed E-state index contributed by atoms with van der Waals surface area (Å²) in [6, 6.07) is 17.6. The molecule has 2 aromatic carbocycles. The van der Waals surface area contributed by atoms with Gasteiger partial charge in [0.1, 0.15) is 10.6 Å². The monoisotopic (exact) mass is 552 g/mol. The number of carboxylic acid groups (broad SMARTS) is 1. The van der Waals surface area contributed by atoms with Crippen molar-refractivity contribution in [2.75, 3.05) is 13.7 Å². The van der Waals surface area contributed by atoms with Gasteiger partial charge in [-0.2, -0.15) is 13.2 Å². The van der Waals surface area contributed by atoms with E-state index >= 15 is 0 Å². The summed E-state index contributed by atoms with van der Waals surface area (Å²) >= 11 is 1.08. The summed E-state index contributed by atoms with van der Waals surface area (Å²) in [7, 11) is 1.29. The van der Waals surface area contributed by atoms with Gasteiger partial charge in [-0.25, -0.2) is 4.79 Å². The number of esters is 1. The van der Waals surface area contributed by atoms with Gasteiger partial charge >= 0.3 is 18.1 Å². The first kappa shape index (κ1) is 29.8. The molecule has 1 aromatic heterocycles. The fraction of sp³-hybridized carbons (Fsp3) is 0.200.